The highest BCUT2D eigenvalue weighted by molar-refractivity contribution is 6.03. The number of carbonyl (C=O) groups is 2. The highest BCUT2D eigenvalue weighted by Crippen LogP contribution is 2.18. The second-order valence-corrected chi connectivity index (χ2v) is 7.49. The van der Waals surface area contributed by atoms with Crippen molar-refractivity contribution in [2.24, 2.45) is 0 Å². The Kier molecular flexibility index (Phi) is 7.98. The van der Waals surface area contributed by atoms with Gasteiger partial charge in [-0.05, 0) is 57.0 Å². The first-order valence-corrected chi connectivity index (χ1v) is 9.76. The first kappa shape index (κ1) is 22.2. The molecule has 1 atom stereocenters. The number of carbonyl (C=O) groups excluding carboxylic acids is 2. The summed E-state index contributed by atoms with van der Waals surface area (Å²) < 4.78 is 0. The van der Waals surface area contributed by atoms with Crippen LogP contribution in [0.25, 0.3) is 6.08 Å². The number of hydrogen-bond donors (Lipinski definition) is 4. The SMILES string of the molecule is CC(C)NC(=O)C(NC(C)C)c1ccc(C=CC(=O)Nc2ccccc2N)cc1. The van der Waals surface area contributed by atoms with Crippen LogP contribution in [0.3, 0.4) is 0 Å². The molecule has 0 aliphatic heterocycles. The third-order valence-corrected chi connectivity index (χ3v) is 4.11. The second kappa shape index (κ2) is 10.4. The molecule has 0 heterocycles. The van der Waals surface area contributed by atoms with Crippen LogP contribution in [-0.4, -0.2) is 23.9 Å². The van der Waals surface area contributed by atoms with Crippen LogP contribution in [0.15, 0.2) is 54.6 Å². The van der Waals surface area contributed by atoms with Gasteiger partial charge in [-0.25, -0.2) is 0 Å². The van der Waals surface area contributed by atoms with E-state index in [-0.39, 0.29) is 23.9 Å². The summed E-state index contributed by atoms with van der Waals surface area (Å²) in [6, 6.07) is 14.5. The highest BCUT2D eigenvalue weighted by Gasteiger charge is 2.21. The predicted octanol–water partition coefficient (Wildman–Crippen LogP) is 3.48. The molecule has 0 saturated carbocycles. The normalized spacial score (nSPS) is 12.3. The van der Waals surface area contributed by atoms with Crippen molar-refractivity contribution >= 4 is 29.3 Å². The molecule has 29 heavy (non-hydrogen) atoms. The van der Waals surface area contributed by atoms with Gasteiger partial charge in [-0.2, -0.15) is 0 Å². The van der Waals surface area contributed by atoms with Crippen LogP contribution in [-0.2, 0) is 9.59 Å². The van der Waals surface area contributed by atoms with Crippen molar-refractivity contribution in [3.05, 3.63) is 65.7 Å². The summed E-state index contributed by atoms with van der Waals surface area (Å²) in [5, 5.41) is 9.00. The van der Waals surface area contributed by atoms with E-state index in [2.05, 4.69) is 16.0 Å². The van der Waals surface area contributed by atoms with Crippen molar-refractivity contribution in [2.45, 2.75) is 45.8 Å². The maximum atomic E-state index is 12.5. The number of para-hydroxylation sites is 2. The zero-order valence-electron chi connectivity index (χ0n) is 17.4. The van der Waals surface area contributed by atoms with Gasteiger partial charge in [-0.15, -0.1) is 0 Å². The second-order valence-electron chi connectivity index (χ2n) is 7.49. The van der Waals surface area contributed by atoms with Gasteiger partial charge in [-0.3, -0.25) is 14.9 Å². The van der Waals surface area contributed by atoms with Crippen molar-refractivity contribution in [3.63, 3.8) is 0 Å². The number of nitrogen functional groups attached to an aromatic ring is 1. The van der Waals surface area contributed by atoms with Gasteiger partial charge < -0.3 is 16.4 Å². The Balaban J connectivity index is 2.07. The minimum atomic E-state index is -0.431. The molecule has 2 rings (SSSR count). The molecule has 0 fully saturated rings. The number of nitrogens with two attached hydrogens (primary N) is 1. The van der Waals surface area contributed by atoms with Crippen molar-refractivity contribution in [3.8, 4) is 0 Å². The van der Waals surface area contributed by atoms with Crippen LogP contribution >= 0.6 is 0 Å². The van der Waals surface area contributed by atoms with E-state index in [1.165, 1.54) is 6.08 Å². The summed E-state index contributed by atoms with van der Waals surface area (Å²) in [5.41, 5.74) is 8.66. The number of nitrogens with one attached hydrogen (secondary N) is 3. The van der Waals surface area contributed by atoms with Crippen molar-refractivity contribution in [1.82, 2.24) is 10.6 Å². The fraction of sp³-hybridized carbons (Fsp3) is 0.304. The van der Waals surface area contributed by atoms with Crippen molar-refractivity contribution in [1.29, 1.82) is 0 Å². The van der Waals surface area contributed by atoms with E-state index in [9.17, 15) is 9.59 Å². The van der Waals surface area contributed by atoms with Crippen LogP contribution in [0, 0.1) is 0 Å². The Morgan fingerprint density at radius 3 is 2.17 bits per heavy atom. The molecule has 2 amide bonds. The molecule has 2 aromatic rings. The molecule has 6 nitrogen and oxygen atoms in total. The van der Waals surface area contributed by atoms with Gasteiger partial charge in [0.1, 0.15) is 6.04 Å². The quantitative estimate of drug-likeness (QED) is 0.407. The molecule has 154 valence electrons. The van der Waals surface area contributed by atoms with Crippen LogP contribution in [0.2, 0.25) is 0 Å². The van der Waals surface area contributed by atoms with Gasteiger partial charge in [0.25, 0.3) is 0 Å². The predicted molar refractivity (Wildman–Crippen MR) is 119 cm³/mol. The maximum Gasteiger partial charge on any atom is 0.248 e. The number of hydrogen-bond acceptors (Lipinski definition) is 4. The molecule has 0 aliphatic carbocycles. The lowest BCUT2D eigenvalue weighted by Crippen LogP contribution is -2.42. The molecule has 5 N–H and O–H groups in total. The monoisotopic (exact) mass is 394 g/mol. The minimum Gasteiger partial charge on any atom is -0.397 e. The Hall–Kier alpha value is -3.12. The lowest BCUT2D eigenvalue weighted by atomic mass is 10.0. The molecular formula is C23H30N4O2. The lowest BCUT2D eigenvalue weighted by molar-refractivity contribution is -0.124. The number of benzene rings is 2. The number of amides is 2. The topological polar surface area (TPSA) is 96.2 Å². The molecule has 1 unspecified atom stereocenters. The number of anilines is 2. The maximum absolute atomic E-state index is 12.5. The first-order chi connectivity index (χ1) is 13.8. The van der Waals surface area contributed by atoms with E-state index in [4.69, 9.17) is 5.73 Å². The van der Waals surface area contributed by atoms with E-state index in [0.29, 0.717) is 11.4 Å². The molecule has 0 radical (unpaired) electrons. The largest absolute Gasteiger partial charge is 0.397 e. The summed E-state index contributed by atoms with van der Waals surface area (Å²) in [6.45, 7) is 7.88. The molecule has 0 spiro atoms. The zero-order chi connectivity index (χ0) is 21.4. The van der Waals surface area contributed by atoms with Gasteiger partial charge in [0.15, 0.2) is 0 Å². The van der Waals surface area contributed by atoms with E-state index in [0.717, 1.165) is 11.1 Å². The van der Waals surface area contributed by atoms with Gasteiger partial charge in [0, 0.05) is 18.2 Å². The summed E-state index contributed by atoms with van der Waals surface area (Å²) in [6.07, 6.45) is 3.17. The molecule has 0 aliphatic rings. The zero-order valence-corrected chi connectivity index (χ0v) is 17.4. The van der Waals surface area contributed by atoms with Crippen LogP contribution in [0.1, 0.15) is 44.9 Å². The van der Waals surface area contributed by atoms with Gasteiger partial charge in [0.2, 0.25) is 11.8 Å². The van der Waals surface area contributed by atoms with Crippen molar-refractivity contribution < 1.29 is 9.59 Å². The van der Waals surface area contributed by atoms with Crippen LogP contribution < -0.4 is 21.7 Å². The summed E-state index contributed by atoms with van der Waals surface area (Å²) in [4.78, 5) is 24.6. The van der Waals surface area contributed by atoms with E-state index < -0.39 is 6.04 Å². The molecule has 0 aromatic heterocycles. The molecule has 6 heteroatoms. The fourth-order valence-corrected chi connectivity index (χ4v) is 2.78. The Bertz CT molecular complexity index is 857. The van der Waals surface area contributed by atoms with Gasteiger partial charge in [-0.1, -0.05) is 36.4 Å². The van der Waals surface area contributed by atoms with Gasteiger partial charge >= 0.3 is 0 Å². The van der Waals surface area contributed by atoms with Crippen molar-refractivity contribution in [2.75, 3.05) is 11.1 Å². The summed E-state index contributed by atoms with van der Waals surface area (Å²) >= 11 is 0. The summed E-state index contributed by atoms with van der Waals surface area (Å²) in [5.74, 6) is -0.320. The fourth-order valence-electron chi connectivity index (χ4n) is 2.78. The Morgan fingerprint density at radius 2 is 1.59 bits per heavy atom. The average Bonchev–Trinajstić information content (AvgIpc) is 2.66. The first-order valence-electron chi connectivity index (χ1n) is 9.76. The van der Waals surface area contributed by atoms with E-state index in [1.807, 2.05) is 64.1 Å². The third kappa shape index (κ3) is 7.08. The van der Waals surface area contributed by atoms with Crippen LogP contribution in [0.4, 0.5) is 11.4 Å². The van der Waals surface area contributed by atoms with Crippen LogP contribution in [0.5, 0.6) is 0 Å². The molecule has 2 aromatic carbocycles. The number of rotatable bonds is 8. The molecular weight excluding hydrogens is 364 g/mol. The third-order valence-electron chi connectivity index (χ3n) is 4.11. The standard InChI is InChI=1S/C23H30N4O2/c1-15(2)25-22(23(29)26-16(3)4)18-12-9-17(10-13-18)11-14-21(28)27-20-8-6-5-7-19(20)24/h5-16,22,25H,24H2,1-4H3,(H,26,29)(H,27,28). The highest BCUT2D eigenvalue weighted by atomic mass is 16.2. The summed E-state index contributed by atoms with van der Waals surface area (Å²) in [7, 11) is 0. The lowest BCUT2D eigenvalue weighted by Gasteiger charge is -2.22. The average molecular weight is 395 g/mol. The molecule has 0 bridgehead atoms. The smallest absolute Gasteiger partial charge is 0.248 e. The van der Waals surface area contributed by atoms with Gasteiger partial charge in [0.05, 0.1) is 11.4 Å². The Morgan fingerprint density at radius 1 is 0.931 bits per heavy atom. The Labute approximate surface area is 172 Å². The molecule has 0 saturated heterocycles. The minimum absolute atomic E-state index is 0.0585. The van der Waals surface area contributed by atoms with E-state index in [1.54, 1.807) is 18.2 Å². The van der Waals surface area contributed by atoms with E-state index >= 15 is 0 Å².